The first kappa shape index (κ1) is 11.0. The van der Waals surface area contributed by atoms with Gasteiger partial charge in [0.25, 0.3) is 0 Å². The fourth-order valence-electron chi connectivity index (χ4n) is 4.98. The Labute approximate surface area is 108 Å². The average molecular weight is 246 g/mol. The van der Waals surface area contributed by atoms with Crippen molar-refractivity contribution in [2.75, 3.05) is 0 Å². The zero-order valence-corrected chi connectivity index (χ0v) is 10.9. The molecule has 18 heavy (non-hydrogen) atoms. The van der Waals surface area contributed by atoms with E-state index in [1.807, 2.05) is 10.9 Å². The Morgan fingerprint density at radius 3 is 2.72 bits per heavy atom. The van der Waals surface area contributed by atoms with Gasteiger partial charge in [-0.1, -0.05) is 0 Å². The van der Waals surface area contributed by atoms with Gasteiger partial charge in [0.1, 0.15) is 0 Å². The van der Waals surface area contributed by atoms with Crippen LogP contribution < -0.4 is 11.3 Å². The van der Waals surface area contributed by atoms with E-state index in [1.54, 1.807) is 0 Å². The summed E-state index contributed by atoms with van der Waals surface area (Å²) in [4.78, 5) is 0. The van der Waals surface area contributed by atoms with Crippen molar-refractivity contribution in [1.29, 1.82) is 0 Å². The van der Waals surface area contributed by atoms with E-state index in [4.69, 9.17) is 5.84 Å². The van der Waals surface area contributed by atoms with E-state index in [9.17, 15) is 0 Å². The van der Waals surface area contributed by atoms with Crippen LogP contribution in [0.25, 0.3) is 0 Å². The molecular weight excluding hydrogens is 224 g/mol. The van der Waals surface area contributed by atoms with Crippen molar-refractivity contribution in [3.8, 4) is 0 Å². The molecule has 1 aromatic heterocycles. The van der Waals surface area contributed by atoms with E-state index < -0.39 is 0 Å². The molecule has 2 bridgehead atoms. The molecule has 5 unspecified atom stereocenters. The number of nitrogens with one attached hydrogen (secondary N) is 1. The van der Waals surface area contributed by atoms with Gasteiger partial charge in [-0.3, -0.25) is 16.0 Å². The third kappa shape index (κ3) is 1.36. The van der Waals surface area contributed by atoms with Gasteiger partial charge in [0.2, 0.25) is 0 Å². The van der Waals surface area contributed by atoms with Gasteiger partial charge in [-0.15, -0.1) is 0 Å². The molecule has 4 rings (SSSR count). The molecule has 4 heteroatoms. The second kappa shape index (κ2) is 3.81. The zero-order chi connectivity index (χ0) is 12.3. The van der Waals surface area contributed by atoms with E-state index in [1.165, 1.54) is 24.8 Å². The third-order valence-corrected chi connectivity index (χ3v) is 5.70. The maximum atomic E-state index is 5.82. The minimum absolute atomic E-state index is 0.323. The van der Waals surface area contributed by atoms with Crippen molar-refractivity contribution in [1.82, 2.24) is 15.2 Å². The molecule has 1 aromatic rings. The van der Waals surface area contributed by atoms with Crippen LogP contribution in [-0.2, 0) is 6.54 Å². The maximum absolute atomic E-state index is 5.82. The number of nitrogens with two attached hydrogens (primary N) is 1. The van der Waals surface area contributed by atoms with Crippen molar-refractivity contribution < 1.29 is 0 Å². The molecule has 98 valence electrons. The van der Waals surface area contributed by atoms with Gasteiger partial charge in [0.15, 0.2) is 0 Å². The Kier molecular flexibility index (Phi) is 2.33. The summed E-state index contributed by atoms with van der Waals surface area (Å²) in [7, 11) is 0. The Balaban J connectivity index is 1.56. The van der Waals surface area contributed by atoms with Crippen LogP contribution in [0.5, 0.6) is 0 Å². The molecular formula is C14H22N4. The highest BCUT2D eigenvalue weighted by Gasteiger charge is 2.66. The van der Waals surface area contributed by atoms with Crippen molar-refractivity contribution >= 4 is 0 Å². The summed E-state index contributed by atoms with van der Waals surface area (Å²) < 4.78 is 1.99. The van der Waals surface area contributed by atoms with E-state index in [-0.39, 0.29) is 0 Å². The normalized spacial score (nSPS) is 42.0. The molecule has 0 radical (unpaired) electrons. The van der Waals surface area contributed by atoms with Crippen LogP contribution in [0.4, 0.5) is 0 Å². The predicted molar refractivity (Wildman–Crippen MR) is 69.3 cm³/mol. The van der Waals surface area contributed by atoms with Gasteiger partial charge in [-0.25, -0.2) is 0 Å². The molecule has 3 saturated carbocycles. The molecule has 0 aromatic carbocycles. The minimum atomic E-state index is 0.323. The Hall–Kier alpha value is -0.870. The monoisotopic (exact) mass is 246 g/mol. The van der Waals surface area contributed by atoms with Gasteiger partial charge in [0, 0.05) is 18.3 Å². The van der Waals surface area contributed by atoms with Crippen molar-refractivity contribution in [2.45, 2.75) is 38.8 Å². The zero-order valence-electron chi connectivity index (χ0n) is 10.9. The number of aromatic nitrogens is 2. The second-order valence-corrected chi connectivity index (χ2v) is 6.34. The highest BCUT2D eigenvalue weighted by atomic mass is 15.3. The van der Waals surface area contributed by atoms with Gasteiger partial charge in [-0.2, -0.15) is 5.10 Å². The Bertz CT molecular complexity index is 438. The van der Waals surface area contributed by atoms with Crippen LogP contribution in [0.15, 0.2) is 12.4 Å². The van der Waals surface area contributed by atoms with Crippen LogP contribution in [0, 0.1) is 29.6 Å². The highest BCUT2D eigenvalue weighted by Crippen LogP contribution is 2.72. The summed E-state index contributed by atoms with van der Waals surface area (Å²) >= 11 is 0. The summed E-state index contributed by atoms with van der Waals surface area (Å²) in [6.07, 6.45) is 8.57. The molecule has 0 aliphatic heterocycles. The summed E-state index contributed by atoms with van der Waals surface area (Å²) in [6.45, 7) is 3.05. The number of nitrogens with zero attached hydrogens (tertiary/aromatic N) is 2. The first-order chi connectivity index (χ1) is 8.83. The number of hydrogen-bond donors (Lipinski definition) is 2. The summed E-state index contributed by atoms with van der Waals surface area (Å²) in [5, 5.41) is 4.38. The molecule has 3 N–H and O–H groups in total. The lowest BCUT2D eigenvalue weighted by Crippen LogP contribution is -2.31. The van der Waals surface area contributed by atoms with Crippen LogP contribution in [-0.4, -0.2) is 9.78 Å². The van der Waals surface area contributed by atoms with E-state index in [0.29, 0.717) is 6.04 Å². The molecule has 0 amide bonds. The van der Waals surface area contributed by atoms with Gasteiger partial charge >= 0.3 is 0 Å². The average Bonchev–Trinajstić information content (AvgIpc) is 2.81. The Morgan fingerprint density at radius 2 is 2.17 bits per heavy atom. The van der Waals surface area contributed by atoms with Crippen LogP contribution >= 0.6 is 0 Å². The lowest BCUT2D eigenvalue weighted by atomic mass is 9.95. The van der Waals surface area contributed by atoms with E-state index in [0.717, 1.165) is 36.1 Å². The SMILES string of the molecule is CCn1cc(C(NN)C2C3C4CCC(C4)C32)cn1. The van der Waals surface area contributed by atoms with Gasteiger partial charge in [0.05, 0.1) is 12.2 Å². The fraction of sp³-hybridized carbons (Fsp3) is 0.786. The van der Waals surface area contributed by atoms with E-state index >= 15 is 0 Å². The first-order valence-corrected chi connectivity index (χ1v) is 7.32. The number of rotatable bonds is 4. The standard InChI is InChI=1S/C14H22N4/c1-2-18-7-10(6-16-18)14(17-15)13-11-8-3-4-9(5-8)12(11)13/h6-9,11-14,17H,2-5,15H2,1H3. The fourth-order valence-corrected chi connectivity index (χ4v) is 4.98. The van der Waals surface area contributed by atoms with Crippen molar-refractivity contribution in [3.63, 3.8) is 0 Å². The molecule has 3 aliphatic carbocycles. The minimum Gasteiger partial charge on any atom is -0.273 e. The number of fused-ring (bicyclic) bond motifs is 5. The number of hydrogen-bond acceptors (Lipinski definition) is 3. The van der Waals surface area contributed by atoms with Crippen molar-refractivity contribution in [2.24, 2.45) is 35.4 Å². The van der Waals surface area contributed by atoms with Crippen LogP contribution in [0.1, 0.15) is 37.8 Å². The second-order valence-electron chi connectivity index (χ2n) is 6.34. The van der Waals surface area contributed by atoms with Gasteiger partial charge in [-0.05, 0) is 55.8 Å². The molecule has 5 atom stereocenters. The molecule has 4 nitrogen and oxygen atoms in total. The lowest BCUT2D eigenvalue weighted by Gasteiger charge is -2.18. The molecule has 0 saturated heterocycles. The van der Waals surface area contributed by atoms with Gasteiger partial charge < -0.3 is 0 Å². The Morgan fingerprint density at radius 1 is 1.44 bits per heavy atom. The molecule has 3 fully saturated rings. The number of hydrazine groups is 1. The molecule has 0 spiro atoms. The summed E-state index contributed by atoms with van der Waals surface area (Å²) in [6, 6.07) is 0.323. The smallest absolute Gasteiger partial charge is 0.0538 e. The van der Waals surface area contributed by atoms with E-state index in [2.05, 4.69) is 23.6 Å². The first-order valence-electron chi connectivity index (χ1n) is 7.32. The predicted octanol–water partition coefficient (Wildman–Crippen LogP) is 1.70. The highest BCUT2D eigenvalue weighted by molar-refractivity contribution is 5.22. The molecule has 3 aliphatic rings. The third-order valence-electron chi connectivity index (χ3n) is 5.70. The lowest BCUT2D eigenvalue weighted by molar-refractivity contribution is 0.374. The quantitative estimate of drug-likeness (QED) is 0.628. The maximum Gasteiger partial charge on any atom is 0.0538 e. The summed E-state index contributed by atoms with van der Waals surface area (Å²) in [5.41, 5.74) is 4.34. The largest absolute Gasteiger partial charge is 0.273 e. The molecule has 1 heterocycles. The van der Waals surface area contributed by atoms with Crippen LogP contribution in [0.3, 0.4) is 0 Å². The van der Waals surface area contributed by atoms with Crippen molar-refractivity contribution in [3.05, 3.63) is 18.0 Å². The van der Waals surface area contributed by atoms with Crippen LogP contribution in [0.2, 0.25) is 0 Å². The summed E-state index contributed by atoms with van der Waals surface area (Å²) in [5.74, 6) is 10.5. The topological polar surface area (TPSA) is 55.9 Å². The number of aryl methyl sites for hydroxylation is 1.